The van der Waals surface area contributed by atoms with Gasteiger partial charge in [0.1, 0.15) is 16.0 Å². The van der Waals surface area contributed by atoms with Crippen LogP contribution in [-0.2, 0) is 0 Å². The standard InChI is InChI=1S/C12H15N3O3S/c1-4-14(5-2)15-6-13-10-8(11(15)16)7(3)9(19-10)12(17)18/h6H,4-5H2,1-3H3,(H,17,18). The normalized spacial score (nSPS) is 10.9. The Morgan fingerprint density at radius 1 is 1.47 bits per heavy atom. The third-order valence-corrected chi connectivity index (χ3v) is 4.25. The molecule has 0 aliphatic heterocycles. The lowest BCUT2D eigenvalue weighted by Crippen LogP contribution is -2.41. The summed E-state index contributed by atoms with van der Waals surface area (Å²) in [6.45, 7) is 6.90. The molecular formula is C12H15N3O3S. The van der Waals surface area contributed by atoms with Gasteiger partial charge in [0.25, 0.3) is 5.56 Å². The fourth-order valence-corrected chi connectivity index (χ4v) is 3.03. The van der Waals surface area contributed by atoms with Crippen molar-refractivity contribution < 1.29 is 9.90 Å². The van der Waals surface area contributed by atoms with Crippen molar-refractivity contribution in [2.45, 2.75) is 20.8 Å². The Morgan fingerprint density at radius 3 is 2.63 bits per heavy atom. The molecule has 2 aromatic rings. The molecule has 0 spiro atoms. The number of aromatic carboxylic acids is 1. The fraction of sp³-hybridized carbons (Fsp3) is 0.417. The number of hydrogen-bond donors (Lipinski definition) is 1. The topological polar surface area (TPSA) is 75.4 Å². The minimum atomic E-state index is -1.02. The Bertz CT molecular complexity index is 685. The molecule has 0 fully saturated rings. The van der Waals surface area contributed by atoms with Crippen molar-refractivity contribution in [1.82, 2.24) is 9.66 Å². The molecule has 0 aliphatic rings. The van der Waals surface area contributed by atoms with Crippen LogP contribution in [-0.4, -0.2) is 33.8 Å². The zero-order valence-electron chi connectivity index (χ0n) is 11.0. The van der Waals surface area contributed by atoms with Crippen molar-refractivity contribution in [1.29, 1.82) is 0 Å². The van der Waals surface area contributed by atoms with Crippen LogP contribution in [0.4, 0.5) is 0 Å². The fourth-order valence-electron chi connectivity index (χ4n) is 2.05. The van der Waals surface area contributed by atoms with Crippen molar-refractivity contribution in [2.24, 2.45) is 0 Å². The van der Waals surface area contributed by atoms with E-state index in [2.05, 4.69) is 4.98 Å². The smallest absolute Gasteiger partial charge is 0.346 e. The van der Waals surface area contributed by atoms with Gasteiger partial charge >= 0.3 is 5.97 Å². The summed E-state index contributed by atoms with van der Waals surface area (Å²) in [7, 11) is 0. The van der Waals surface area contributed by atoms with Gasteiger partial charge in [-0.3, -0.25) is 4.79 Å². The highest BCUT2D eigenvalue weighted by Crippen LogP contribution is 2.26. The summed E-state index contributed by atoms with van der Waals surface area (Å²) in [5.74, 6) is -1.02. The Morgan fingerprint density at radius 2 is 2.11 bits per heavy atom. The van der Waals surface area contributed by atoms with Gasteiger partial charge < -0.3 is 10.1 Å². The molecule has 0 radical (unpaired) electrons. The molecule has 7 heteroatoms. The lowest BCUT2D eigenvalue weighted by Gasteiger charge is -2.22. The molecule has 0 atom stereocenters. The van der Waals surface area contributed by atoms with Crippen LogP contribution in [0.15, 0.2) is 11.1 Å². The average molecular weight is 281 g/mol. The predicted molar refractivity (Wildman–Crippen MR) is 74.9 cm³/mol. The second-order valence-electron chi connectivity index (χ2n) is 4.07. The summed E-state index contributed by atoms with van der Waals surface area (Å²) in [5, 5.41) is 11.3. The number of thiophene rings is 1. The first-order chi connectivity index (χ1) is 9.01. The zero-order chi connectivity index (χ0) is 14.2. The van der Waals surface area contributed by atoms with Crippen LogP contribution in [0.1, 0.15) is 29.1 Å². The van der Waals surface area contributed by atoms with Crippen LogP contribution in [0, 0.1) is 6.92 Å². The van der Waals surface area contributed by atoms with Crippen molar-refractivity contribution in [3.05, 3.63) is 27.1 Å². The van der Waals surface area contributed by atoms with E-state index in [4.69, 9.17) is 5.11 Å². The van der Waals surface area contributed by atoms with E-state index in [9.17, 15) is 9.59 Å². The molecule has 102 valence electrons. The summed E-state index contributed by atoms with van der Waals surface area (Å²) >= 11 is 1.04. The van der Waals surface area contributed by atoms with Gasteiger partial charge in [-0.1, -0.05) is 0 Å². The average Bonchev–Trinajstić information content (AvgIpc) is 2.72. The molecule has 0 bridgehead atoms. The van der Waals surface area contributed by atoms with Gasteiger partial charge in [0.15, 0.2) is 0 Å². The molecule has 0 saturated heterocycles. The number of carboxylic acid groups (broad SMARTS) is 1. The number of rotatable bonds is 4. The molecule has 2 heterocycles. The molecule has 2 aromatic heterocycles. The summed E-state index contributed by atoms with van der Waals surface area (Å²) in [4.78, 5) is 28.4. The number of nitrogens with zero attached hydrogens (tertiary/aromatic N) is 3. The lowest BCUT2D eigenvalue weighted by molar-refractivity contribution is 0.0701. The van der Waals surface area contributed by atoms with Crippen LogP contribution < -0.4 is 10.6 Å². The first kappa shape index (κ1) is 13.5. The highest BCUT2D eigenvalue weighted by molar-refractivity contribution is 7.20. The second-order valence-corrected chi connectivity index (χ2v) is 5.07. The van der Waals surface area contributed by atoms with E-state index < -0.39 is 5.97 Å². The maximum Gasteiger partial charge on any atom is 0.346 e. The predicted octanol–water partition coefficient (Wildman–Crippen LogP) is 1.44. The van der Waals surface area contributed by atoms with Crippen molar-refractivity contribution in [3.63, 3.8) is 0 Å². The summed E-state index contributed by atoms with van der Waals surface area (Å²) in [6.07, 6.45) is 1.46. The Labute approximate surface area is 113 Å². The Kier molecular flexibility index (Phi) is 3.57. The van der Waals surface area contributed by atoms with Crippen molar-refractivity contribution in [2.75, 3.05) is 18.1 Å². The molecule has 0 amide bonds. The van der Waals surface area contributed by atoms with E-state index in [1.807, 2.05) is 18.9 Å². The maximum absolute atomic E-state index is 12.4. The van der Waals surface area contributed by atoms with Gasteiger partial charge in [-0.15, -0.1) is 11.3 Å². The Balaban J connectivity index is 2.74. The molecule has 6 nitrogen and oxygen atoms in total. The van der Waals surface area contributed by atoms with Crippen molar-refractivity contribution in [3.8, 4) is 0 Å². The largest absolute Gasteiger partial charge is 0.477 e. The van der Waals surface area contributed by atoms with Crippen LogP contribution >= 0.6 is 11.3 Å². The highest BCUT2D eigenvalue weighted by atomic mass is 32.1. The van der Waals surface area contributed by atoms with Gasteiger partial charge in [0.2, 0.25) is 0 Å². The van der Waals surface area contributed by atoms with Crippen LogP contribution in [0.2, 0.25) is 0 Å². The quantitative estimate of drug-likeness (QED) is 0.917. The van der Waals surface area contributed by atoms with Crippen molar-refractivity contribution >= 4 is 27.5 Å². The second kappa shape index (κ2) is 5.00. The molecule has 0 aromatic carbocycles. The first-order valence-corrected chi connectivity index (χ1v) is 6.82. The summed E-state index contributed by atoms with van der Waals surface area (Å²) in [6, 6.07) is 0. The number of aryl methyl sites for hydroxylation is 1. The van der Waals surface area contributed by atoms with Gasteiger partial charge in [0, 0.05) is 13.1 Å². The third kappa shape index (κ3) is 2.10. The number of carbonyl (C=O) groups is 1. The van der Waals surface area contributed by atoms with E-state index in [0.29, 0.717) is 28.9 Å². The molecule has 19 heavy (non-hydrogen) atoms. The lowest BCUT2D eigenvalue weighted by atomic mass is 10.2. The summed E-state index contributed by atoms with van der Waals surface area (Å²) < 4.78 is 1.45. The van der Waals surface area contributed by atoms with Gasteiger partial charge in [-0.05, 0) is 26.3 Å². The van der Waals surface area contributed by atoms with Crippen LogP contribution in [0.5, 0.6) is 0 Å². The summed E-state index contributed by atoms with van der Waals surface area (Å²) in [5.41, 5.74) is 0.279. The zero-order valence-corrected chi connectivity index (χ0v) is 11.8. The van der Waals surface area contributed by atoms with E-state index in [0.717, 1.165) is 11.3 Å². The first-order valence-electron chi connectivity index (χ1n) is 6.00. The molecule has 0 unspecified atom stereocenters. The maximum atomic E-state index is 12.4. The van der Waals surface area contributed by atoms with E-state index in [1.165, 1.54) is 11.0 Å². The third-order valence-electron chi connectivity index (χ3n) is 3.06. The van der Waals surface area contributed by atoms with Gasteiger partial charge in [-0.2, -0.15) is 0 Å². The molecule has 2 rings (SSSR count). The molecular weight excluding hydrogens is 266 g/mol. The van der Waals surface area contributed by atoms with Crippen LogP contribution in [0.3, 0.4) is 0 Å². The number of hydrogen-bond acceptors (Lipinski definition) is 5. The van der Waals surface area contributed by atoms with E-state index in [-0.39, 0.29) is 10.4 Å². The van der Waals surface area contributed by atoms with Crippen LogP contribution in [0.25, 0.3) is 10.2 Å². The Hall–Kier alpha value is -1.89. The minimum absolute atomic E-state index is 0.178. The highest BCUT2D eigenvalue weighted by Gasteiger charge is 2.19. The SMILES string of the molecule is CCN(CC)n1cnc2sc(C(=O)O)c(C)c2c1=O. The monoisotopic (exact) mass is 281 g/mol. The molecule has 0 aliphatic carbocycles. The van der Waals surface area contributed by atoms with Gasteiger partial charge in [-0.25, -0.2) is 14.5 Å². The number of aromatic nitrogens is 2. The molecule has 1 N–H and O–H groups in total. The van der Waals surface area contributed by atoms with Gasteiger partial charge in [0.05, 0.1) is 5.39 Å². The minimum Gasteiger partial charge on any atom is -0.477 e. The number of carboxylic acids is 1. The van der Waals surface area contributed by atoms with E-state index in [1.54, 1.807) is 6.92 Å². The van der Waals surface area contributed by atoms with E-state index >= 15 is 0 Å². The number of fused-ring (bicyclic) bond motifs is 1. The molecule has 0 saturated carbocycles.